The molecule has 0 aromatic heterocycles. The molecule has 0 aliphatic heterocycles. The second kappa shape index (κ2) is 19.7. The first kappa shape index (κ1) is 31.9. The van der Waals surface area contributed by atoms with E-state index in [0.717, 1.165) is 51.9 Å². The van der Waals surface area contributed by atoms with E-state index < -0.39 is 0 Å². The van der Waals surface area contributed by atoms with E-state index >= 15 is 0 Å². The van der Waals surface area contributed by atoms with Gasteiger partial charge in [0.2, 0.25) is 0 Å². The Balaban J connectivity index is 1.41. The number of aryl methyl sites for hydroxylation is 2. The summed E-state index contributed by atoms with van der Waals surface area (Å²) in [5, 5.41) is 0. The van der Waals surface area contributed by atoms with Crippen molar-refractivity contribution >= 4 is 17.2 Å². The lowest BCUT2D eigenvalue weighted by Gasteiger charge is -2.21. The topological polar surface area (TPSA) is 23.6 Å². The Bertz CT molecular complexity index is 779. The summed E-state index contributed by atoms with van der Waals surface area (Å²) in [4.78, 5) is 17.0. The number of hydrogen-bond acceptors (Lipinski definition) is 3. The summed E-state index contributed by atoms with van der Waals surface area (Å²) in [6.45, 7) is 13.1. The van der Waals surface area contributed by atoms with Crippen LogP contribution in [0.3, 0.4) is 0 Å². The van der Waals surface area contributed by atoms with E-state index in [1.807, 2.05) is 0 Å². The number of ketones is 1. The average Bonchev–Trinajstić information content (AvgIpc) is 2.95. The van der Waals surface area contributed by atoms with Crippen LogP contribution in [0, 0.1) is 0 Å². The summed E-state index contributed by atoms with van der Waals surface area (Å²) in [5.41, 5.74) is 5.55. The van der Waals surface area contributed by atoms with Crippen molar-refractivity contribution in [3.63, 3.8) is 0 Å². The molecule has 0 saturated heterocycles. The number of carbonyl (C=O) groups is 1. The fourth-order valence-electron chi connectivity index (χ4n) is 5.41. The van der Waals surface area contributed by atoms with Gasteiger partial charge in [-0.1, -0.05) is 62.8 Å². The Labute approximate surface area is 235 Å². The van der Waals surface area contributed by atoms with Crippen LogP contribution in [0.15, 0.2) is 48.5 Å². The molecule has 0 fully saturated rings. The van der Waals surface area contributed by atoms with Crippen molar-refractivity contribution in [1.82, 2.24) is 0 Å². The minimum Gasteiger partial charge on any atom is -0.372 e. The van der Waals surface area contributed by atoms with E-state index in [1.54, 1.807) is 0 Å². The molecule has 0 bridgehead atoms. The number of benzene rings is 2. The molecular weight excluding hydrogens is 464 g/mol. The molecule has 0 unspecified atom stereocenters. The van der Waals surface area contributed by atoms with Gasteiger partial charge in [-0.25, -0.2) is 0 Å². The van der Waals surface area contributed by atoms with Gasteiger partial charge in [-0.05, 0) is 102 Å². The molecule has 0 radical (unpaired) electrons. The van der Waals surface area contributed by atoms with Gasteiger partial charge in [-0.3, -0.25) is 4.79 Å². The van der Waals surface area contributed by atoms with Crippen molar-refractivity contribution in [2.24, 2.45) is 0 Å². The number of hydrogen-bond donors (Lipinski definition) is 0. The van der Waals surface area contributed by atoms with Gasteiger partial charge < -0.3 is 9.80 Å². The highest BCUT2D eigenvalue weighted by Gasteiger charge is 2.04. The van der Waals surface area contributed by atoms with Gasteiger partial charge in [0, 0.05) is 50.4 Å². The minimum absolute atomic E-state index is 0.478. The van der Waals surface area contributed by atoms with Crippen molar-refractivity contribution in [2.75, 3.05) is 36.0 Å². The van der Waals surface area contributed by atoms with Gasteiger partial charge in [-0.15, -0.1) is 0 Å². The molecular formula is C35H56N2O. The maximum absolute atomic E-state index is 12.2. The van der Waals surface area contributed by atoms with Crippen LogP contribution >= 0.6 is 0 Å². The van der Waals surface area contributed by atoms with Gasteiger partial charge in [0.25, 0.3) is 0 Å². The second-order valence-electron chi connectivity index (χ2n) is 10.8. The molecule has 0 aliphatic rings. The summed E-state index contributed by atoms with van der Waals surface area (Å²) >= 11 is 0. The Morgan fingerprint density at radius 1 is 0.474 bits per heavy atom. The van der Waals surface area contributed by atoms with Crippen LogP contribution in [0.1, 0.15) is 116 Å². The zero-order chi connectivity index (χ0) is 27.4. The van der Waals surface area contributed by atoms with Crippen LogP contribution in [-0.2, 0) is 17.6 Å². The molecule has 3 heteroatoms. The van der Waals surface area contributed by atoms with Crippen LogP contribution < -0.4 is 9.80 Å². The molecule has 2 aromatic carbocycles. The Hall–Kier alpha value is -2.29. The van der Waals surface area contributed by atoms with Crippen molar-refractivity contribution in [2.45, 2.75) is 118 Å². The lowest BCUT2D eigenvalue weighted by molar-refractivity contribution is -0.119. The summed E-state index contributed by atoms with van der Waals surface area (Å²) in [6.07, 6.45) is 16.0. The first-order valence-corrected chi connectivity index (χ1v) is 15.8. The van der Waals surface area contributed by atoms with E-state index in [0.29, 0.717) is 5.78 Å². The Morgan fingerprint density at radius 2 is 0.789 bits per heavy atom. The number of Topliss-reactive ketones (excluding diaryl/α,β-unsaturated/α-hetero) is 1. The zero-order valence-electron chi connectivity index (χ0n) is 25.1. The average molecular weight is 521 g/mol. The summed E-state index contributed by atoms with van der Waals surface area (Å²) in [6, 6.07) is 18.2. The highest BCUT2D eigenvalue weighted by molar-refractivity contribution is 5.78. The molecule has 0 saturated carbocycles. The quantitative estimate of drug-likeness (QED) is 0.144. The van der Waals surface area contributed by atoms with Crippen molar-refractivity contribution in [3.05, 3.63) is 59.7 Å². The van der Waals surface area contributed by atoms with E-state index in [4.69, 9.17) is 0 Å². The van der Waals surface area contributed by atoms with Crippen LogP contribution in [0.25, 0.3) is 0 Å². The number of anilines is 2. The van der Waals surface area contributed by atoms with E-state index in [2.05, 4.69) is 86.0 Å². The van der Waals surface area contributed by atoms with Crippen LogP contribution in [0.5, 0.6) is 0 Å². The third kappa shape index (κ3) is 12.5. The summed E-state index contributed by atoms with van der Waals surface area (Å²) in [7, 11) is 0. The fourth-order valence-corrected chi connectivity index (χ4v) is 5.41. The van der Waals surface area contributed by atoms with Crippen molar-refractivity contribution in [1.29, 1.82) is 0 Å². The van der Waals surface area contributed by atoms with Gasteiger partial charge in [0.15, 0.2) is 0 Å². The number of rotatable bonds is 22. The largest absolute Gasteiger partial charge is 0.372 e. The summed E-state index contributed by atoms with van der Waals surface area (Å²) in [5.74, 6) is 0.478. The first-order valence-electron chi connectivity index (χ1n) is 15.8. The number of unbranched alkanes of at least 4 members (excludes halogenated alkanes) is 8. The van der Waals surface area contributed by atoms with E-state index in [9.17, 15) is 4.79 Å². The fraction of sp³-hybridized carbons (Fsp3) is 0.629. The van der Waals surface area contributed by atoms with Crippen LogP contribution in [-0.4, -0.2) is 32.0 Å². The molecule has 212 valence electrons. The van der Waals surface area contributed by atoms with E-state index in [-0.39, 0.29) is 0 Å². The molecule has 2 rings (SSSR count). The molecule has 0 spiro atoms. The zero-order valence-corrected chi connectivity index (χ0v) is 25.1. The standard InChI is InChI=1S/C35H56N2O/c1-5-36(6-2)33-27-23-31(24-28-33)19-15-11-9-13-17-21-35(38)22-18-14-10-12-16-20-32-25-29-34(30-26-32)37(7-3)8-4/h23-30H,5-22H2,1-4H3. The molecule has 38 heavy (non-hydrogen) atoms. The van der Waals surface area contributed by atoms with Crippen molar-refractivity contribution < 1.29 is 4.79 Å². The highest BCUT2D eigenvalue weighted by Crippen LogP contribution is 2.18. The van der Waals surface area contributed by atoms with Gasteiger partial charge in [-0.2, -0.15) is 0 Å². The predicted octanol–water partition coefficient (Wildman–Crippen LogP) is 9.41. The SMILES string of the molecule is CCN(CC)c1ccc(CCCCCCCC(=O)CCCCCCCc2ccc(N(CC)CC)cc2)cc1. The molecule has 0 atom stereocenters. The van der Waals surface area contributed by atoms with Gasteiger partial charge in [0.1, 0.15) is 5.78 Å². The van der Waals surface area contributed by atoms with Crippen LogP contribution in [0.4, 0.5) is 11.4 Å². The Kier molecular flexibility index (Phi) is 16.6. The third-order valence-corrected chi connectivity index (χ3v) is 7.97. The maximum atomic E-state index is 12.2. The summed E-state index contributed by atoms with van der Waals surface area (Å²) < 4.78 is 0. The smallest absolute Gasteiger partial charge is 0.132 e. The number of carbonyl (C=O) groups excluding carboxylic acids is 1. The number of nitrogens with zero attached hydrogens (tertiary/aromatic N) is 2. The van der Waals surface area contributed by atoms with Crippen molar-refractivity contribution in [3.8, 4) is 0 Å². The first-order chi connectivity index (χ1) is 18.6. The lowest BCUT2D eigenvalue weighted by atomic mass is 10.0. The molecule has 0 heterocycles. The predicted molar refractivity (Wildman–Crippen MR) is 168 cm³/mol. The third-order valence-electron chi connectivity index (χ3n) is 7.97. The highest BCUT2D eigenvalue weighted by atomic mass is 16.1. The van der Waals surface area contributed by atoms with E-state index in [1.165, 1.54) is 86.7 Å². The minimum atomic E-state index is 0.478. The molecule has 3 nitrogen and oxygen atoms in total. The molecule has 0 aliphatic carbocycles. The van der Waals surface area contributed by atoms with Crippen LogP contribution in [0.2, 0.25) is 0 Å². The Morgan fingerprint density at radius 3 is 1.13 bits per heavy atom. The van der Waals surface area contributed by atoms with Gasteiger partial charge in [0.05, 0.1) is 0 Å². The van der Waals surface area contributed by atoms with Gasteiger partial charge >= 0.3 is 0 Å². The maximum Gasteiger partial charge on any atom is 0.132 e. The normalized spacial score (nSPS) is 11.1. The lowest BCUT2D eigenvalue weighted by Crippen LogP contribution is -2.21. The molecule has 2 aromatic rings. The molecule has 0 N–H and O–H groups in total. The second-order valence-corrected chi connectivity index (χ2v) is 10.8. The molecule has 0 amide bonds. The monoisotopic (exact) mass is 520 g/mol.